The van der Waals surface area contributed by atoms with Crippen molar-refractivity contribution in [3.05, 3.63) is 30.1 Å². The molecule has 0 aromatic carbocycles. The summed E-state index contributed by atoms with van der Waals surface area (Å²) < 4.78 is 0. The molecule has 138 valence electrons. The Balaban J connectivity index is 1.39. The molecular weight excluding hydrogens is 330 g/mol. The summed E-state index contributed by atoms with van der Waals surface area (Å²) in [5.74, 6) is -0.371. The maximum absolute atomic E-state index is 12.8. The highest BCUT2D eigenvalue weighted by molar-refractivity contribution is 6.05. The SMILES string of the molecule is O=C1[C@H]2CCCC[C@H]2C(=O)N1CCC(=O)N1CCC[C@H]1c1cccnc1. The van der Waals surface area contributed by atoms with Crippen molar-refractivity contribution in [2.45, 2.75) is 51.0 Å². The normalized spacial score (nSPS) is 28.5. The molecule has 0 unspecified atom stereocenters. The van der Waals surface area contributed by atoms with Crippen LogP contribution in [0.3, 0.4) is 0 Å². The predicted molar refractivity (Wildman–Crippen MR) is 94.7 cm³/mol. The van der Waals surface area contributed by atoms with Crippen molar-refractivity contribution in [2.75, 3.05) is 13.1 Å². The Morgan fingerprint density at radius 1 is 1.08 bits per heavy atom. The molecule has 26 heavy (non-hydrogen) atoms. The van der Waals surface area contributed by atoms with Gasteiger partial charge in [0.1, 0.15) is 0 Å². The third-order valence-electron chi connectivity index (χ3n) is 6.12. The van der Waals surface area contributed by atoms with Gasteiger partial charge in [-0.15, -0.1) is 0 Å². The molecule has 0 radical (unpaired) electrons. The number of fused-ring (bicyclic) bond motifs is 1. The van der Waals surface area contributed by atoms with Gasteiger partial charge >= 0.3 is 0 Å². The predicted octanol–water partition coefficient (Wildman–Crippen LogP) is 2.31. The quantitative estimate of drug-likeness (QED) is 0.777. The molecule has 2 saturated heterocycles. The summed E-state index contributed by atoms with van der Waals surface area (Å²) in [6.07, 6.45) is 9.34. The average molecular weight is 355 g/mol. The van der Waals surface area contributed by atoms with Crippen LogP contribution in [0.4, 0.5) is 0 Å². The zero-order chi connectivity index (χ0) is 18.1. The van der Waals surface area contributed by atoms with Crippen LogP contribution in [0, 0.1) is 11.8 Å². The molecule has 0 bridgehead atoms. The van der Waals surface area contributed by atoms with E-state index in [2.05, 4.69) is 4.98 Å². The van der Waals surface area contributed by atoms with E-state index in [0.717, 1.165) is 50.6 Å². The number of aromatic nitrogens is 1. The summed E-state index contributed by atoms with van der Waals surface area (Å²) in [6, 6.07) is 3.95. The third-order valence-corrected chi connectivity index (χ3v) is 6.12. The van der Waals surface area contributed by atoms with Gasteiger partial charge < -0.3 is 4.90 Å². The second kappa shape index (κ2) is 7.17. The molecule has 1 aliphatic carbocycles. The second-order valence-corrected chi connectivity index (χ2v) is 7.61. The molecular formula is C20H25N3O3. The van der Waals surface area contributed by atoms with Crippen molar-refractivity contribution >= 4 is 17.7 Å². The minimum absolute atomic E-state index is 0.0202. The summed E-state index contributed by atoms with van der Waals surface area (Å²) in [6.45, 7) is 0.950. The van der Waals surface area contributed by atoms with E-state index in [1.165, 1.54) is 4.90 Å². The smallest absolute Gasteiger partial charge is 0.233 e. The topological polar surface area (TPSA) is 70.6 Å². The summed E-state index contributed by atoms with van der Waals surface area (Å²) in [5.41, 5.74) is 1.05. The zero-order valence-corrected chi connectivity index (χ0v) is 15.0. The second-order valence-electron chi connectivity index (χ2n) is 7.61. The van der Waals surface area contributed by atoms with Crippen LogP contribution in [0.2, 0.25) is 0 Å². The van der Waals surface area contributed by atoms with Gasteiger partial charge in [0.2, 0.25) is 17.7 Å². The molecule has 3 heterocycles. The molecule has 1 aromatic heterocycles. The van der Waals surface area contributed by atoms with Gasteiger partial charge in [0.05, 0.1) is 17.9 Å². The molecule has 3 fully saturated rings. The van der Waals surface area contributed by atoms with Crippen LogP contribution in [0.15, 0.2) is 24.5 Å². The highest BCUT2D eigenvalue weighted by atomic mass is 16.2. The molecule has 1 saturated carbocycles. The molecule has 0 N–H and O–H groups in total. The van der Waals surface area contributed by atoms with Crippen LogP contribution < -0.4 is 0 Å². The monoisotopic (exact) mass is 355 g/mol. The summed E-state index contributed by atoms with van der Waals surface area (Å²) >= 11 is 0. The Morgan fingerprint density at radius 2 is 1.81 bits per heavy atom. The van der Waals surface area contributed by atoms with E-state index in [1.807, 2.05) is 23.2 Å². The van der Waals surface area contributed by atoms with Crippen molar-refractivity contribution in [3.8, 4) is 0 Å². The number of hydrogen-bond acceptors (Lipinski definition) is 4. The fourth-order valence-corrected chi connectivity index (χ4v) is 4.79. The van der Waals surface area contributed by atoms with E-state index in [9.17, 15) is 14.4 Å². The van der Waals surface area contributed by atoms with E-state index < -0.39 is 0 Å². The van der Waals surface area contributed by atoms with E-state index in [4.69, 9.17) is 0 Å². The van der Waals surface area contributed by atoms with Crippen LogP contribution in [-0.4, -0.2) is 45.6 Å². The minimum Gasteiger partial charge on any atom is -0.336 e. The van der Waals surface area contributed by atoms with Gasteiger partial charge in [0.15, 0.2) is 0 Å². The zero-order valence-electron chi connectivity index (χ0n) is 15.0. The van der Waals surface area contributed by atoms with Crippen molar-refractivity contribution in [2.24, 2.45) is 11.8 Å². The first-order chi connectivity index (χ1) is 12.7. The summed E-state index contributed by atoms with van der Waals surface area (Å²) in [5, 5.41) is 0. The lowest BCUT2D eigenvalue weighted by atomic mass is 9.81. The van der Waals surface area contributed by atoms with Crippen LogP contribution >= 0.6 is 0 Å². The van der Waals surface area contributed by atoms with Crippen LogP contribution in [0.5, 0.6) is 0 Å². The Labute approximate surface area is 153 Å². The standard InChI is InChI=1S/C20H25N3O3/c24-18(22-11-4-8-17(22)14-5-3-10-21-13-14)9-12-23-19(25)15-6-1-2-7-16(15)20(23)26/h3,5,10,13,15-17H,1-2,4,6-9,11-12H2/t15-,16+,17-/m0/s1. The molecule has 3 atom stereocenters. The van der Waals surface area contributed by atoms with Gasteiger partial charge in [-0.25, -0.2) is 0 Å². The third kappa shape index (κ3) is 3.02. The lowest BCUT2D eigenvalue weighted by molar-refractivity contribution is -0.141. The van der Waals surface area contributed by atoms with Crippen molar-refractivity contribution in [3.63, 3.8) is 0 Å². The largest absolute Gasteiger partial charge is 0.336 e. The number of hydrogen-bond donors (Lipinski definition) is 0. The first-order valence-electron chi connectivity index (χ1n) is 9.71. The minimum atomic E-state index is -0.138. The molecule has 2 aliphatic heterocycles. The van der Waals surface area contributed by atoms with E-state index in [1.54, 1.807) is 6.20 Å². The van der Waals surface area contributed by atoms with Crippen molar-refractivity contribution in [1.82, 2.24) is 14.8 Å². The van der Waals surface area contributed by atoms with Gasteiger partial charge in [0, 0.05) is 31.9 Å². The Kier molecular flexibility index (Phi) is 4.74. The van der Waals surface area contributed by atoms with E-state index >= 15 is 0 Å². The first-order valence-corrected chi connectivity index (χ1v) is 9.71. The molecule has 6 heteroatoms. The van der Waals surface area contributed by atoms with Crippen molar-refractivity contribution in [1.29, 1.82) is 0 Å². The number of imide groups is 1. The maximum Gasteiger partial charge on any atom is 0.233 e. The number of carbonyl (C=O) groups is 3. The fourth-order valence-electron chi connectivity index (χ4n) is 4.79. The summed E-state index contributed by atoms with van der Waals surface area (Å²) in [4.78, 5) is 45.2. The Morgan fingerprint density at radius 3 is 2.46 bits per heavy atom. The average Bonchev–Trinajstić information content (AvgIpc) is 3.26. The molecule has 3 amide bonds. The van der Waals surface area contributed by atoms with E-state index in [-0.39, 0.29) is 48.6 Å². The highest BCUT2D eigenvalue weighted by Crippen LogP contribution is 2.38. The molecule has 6 nitrogen and oxygen atoms in total. The number of rotatable bonds is 4. The van der Waals surface area contributed by atoms with Crippen LogP contribution in [-0.2, 0) is 14.4 Å². The molecule has 3 aliphatic rings. The van der Waals surface area contributed by atoms with Gasteiger partial charge in [-0.3, -0.25) is 24.3 Å². The molecule has 4 rings (SSSR count). The van der Waals surface area contributed by atoms with Gasteiger partial charge in [-0.05, 0) is 37.3 Å². The number of pyridine rings is 1. The summed E-state index contributed by atoms with van der Waals surface area (Å²) in [7, 11) is 0. The number of likely N-dealkylation sites (tertiary alicyclic amines) is 2. The molecule has 1 aromatic rings. The van der Waals surface area contributed by atoms with E-state index in [0.29, 0.717) is 0 Å². The number of carbonyl (C=O) groups excluding carboxylic acids is 3. The Bertz CT molecular complexity index is 682. The lowest BCUT2D eigenvalue weighted by Gasteiger charge is -2.25. The highest BCUT2D eigenvalue weighted by Gasteiger charge is 2.48. The Hall–Kier alpha value is -2.24. The fraction of sp³-hybridized carbons (Fsp3) is 0.600. The first kappa shape index (κ1) is 17.2. The lowest BCUT2D eigenvalue weighted by Crippen LogP contribution is -2.37. The van der Waals surface area contributed by atoms with Crippen LogP contribution in [0.1, 0.15) is 56.6 Å². The van der Waals surface area contributed by atoms with Gasteiger partial charge in [0.25, 0.3) is 0 Å². The maximum atomic E-state index is 12.8. The van der Waals surface area contributed by atoms with Crippen molar-refractivity contribution < 1.29 is 14.4 Å². The van der Waals surface area contributed by atoms with Gasteiger partial charge in [-0.2, -0.15) is 0 Å². The number of amides is 3. The number of nitrogens with zero attached hydrogens (tertiary/aromatic N) is 3. The van der Waals surface area contributed by atoms with Gasteiger partial charge in [-0.1, -0.05) is 18.9 Å². The van der Waals surface area contributed by atoms with Crippen LogP contribution in [0.25, 0.3) is 0 Å². The molecule has 0 spiro atoms.